The lowest BCUT2D eigenvalue weighted by atomic mass is 10.1. The molecule has 6 heteroatoms. The maximum atomic E-state index is 13.4. The molecule has 196 valence electrons. The molecule has 0 unspecified atom stereocenters. The normalized spacial score (nSPS) is 18.9. The van der Waals surface area contributed by atoms with Crippen LogP contribution < -0.4 is 9.47 Å². The molecule has 0 spiro atoms. The molecule has 4 aromatic carbocycles. The van der Waals surface area contributed by atoms with Gasteiger partial charge in [0.1, 0.15) is 23.0 Å². The van der Waals surface area contributed by atoms with Gasteiger partial charge in [-0.1, -0.05) is 60.7 Å². The molecular formula is C33H28O6. The van der Waals surface area contributed by atoms with Crippen LogP contribution >= 0.6 is 0 Å². The Hall–Kier alpha value is -4.81. The van der Waals surface area contributed by atoms with E-state index >= 15 is 0 Å². The number of carbonyl (C=O) groups excluding carboxylic acids is 1. The van der Waals surface area contributed by atoms with E-state index < -0.39 is 5.97 Å². The van der Waals surface area contributed by atoms with Crippen LogP contribution in [0, 0.1) is 0 Å². The van der Waals surface area contributed by atoms with Crippen molar-refractivity contribution in [3.8, 4) is 23.0 Å². The zero-order valence-electron chi connectivity index (χ0n) is 21.7. The van der Waals surface area contributed by atoms with Crippen molar-refractivity contribution in [3.05, 3.63) is 132 Å². The van der Waals surface area contributed by atoms with Crippen LogP contribution in [-0.2, 0) is 19.0 Å². The first kappa shape index (κ1) is 25.8. The number of ketones is 1. The van der Waals surface area contributed by atoms with E-state index in [4.69, 9.17) is 23.7 Å². The van der Waals surface area contributed by atoms with Gasteiger partial charge in [0.15, 0.2) is 11.5 Å². The monoisotopic (exact) mass is 520 g/mol. The van der Waals surface area contributed by atoms with E-state index in [9.17, 15) is 4.79 Å². The molecule has 1 heterocycles. The molecule has 0 radical (unpaired) electrons. The second kappa shape index (κ2) is 11.7. The van der Waals surface area contributed by atoms with Crippen molar-refractivity contribution in [3.63, 3.8) is 0 Å². The third-order valence-electron chi connectivity index (χ3n) is 5.76. The predicted octanol–water partition coefficient (Wildman–Crippen LogP) is 7.98. The van der Waals surface area contributed by atoms with Gasteiger partial charge in [0.2, 0.25) is 0 Å². The van der Waals surface area contributed by atoms with Crippen LogP contribution in [0.5, 0.6) is 23.0 Å². The van der Waals surface area contributed by atoms with Crippen LogP contribution in [-0.4, -0.2) is 18.4 Å². The molecule has 1 aliphatic heterocycles. The van der Waals surface area contributed by atoms with Crippen molar-refractivity contribution >= 4 is 17.9 Å². The molecular weight excluding hydrogens is 492 g/mol. The molecule has 1 aliphatic rings. The van der Waals surface area contributed by atoms with Gasteiger partial charge >= 0.3 is 5.97 Å². The molecule has 39 heavy (non-hydrogen) atoms. The summed E-state index contributed by atoms with van der Waals surface area (Å²) in [5.74, 6) is 1.24. The number of Topliss-reactive ketones (excluding diaryl/α,β-unsaturated/α-hetero) is 1. The minimum atomic E-state index is -1.45. The summed E-state index contributed by atoms with van der Waals surface area (Å²) >= 11 is 0. The quantitative estimate of drug-likeness (QED) is 0.220. The largest absolute Gasteiger partial charge is 0.457 e. The maximum Gasteiger partial charge on any atom is 0.368 e. The third-order valence-corrected chi connectivity index (χ3v) is 5.76. The summed E-state index contributed by atoms with van der Waals surface area (Å²) in [6.07, 6.45) is 3.33. The number of hydrogen-bond acceptors (Lipinski definition) is 6. The second-order valence-electron chi connectivity index (χ2n) is 8.81. The first-order chi connectivity index (χ1) is 19.0. The Morgan fingerprint density at radius 2 is 1.00 bits per heavy atom. The average Bonchev–Trinajstić information content (AvgIpc) is 2.95. The van der Waals surface area contributed by atoms with E-state index in [0.717, 1.165) is 22.6 Å². The Bertz CT molecular complexity index is 1350. The molecule has 0 amide bonds. The molecule has 5 rings (SSSR count). The van der Waals surface area contributed by atoms with E-state index in [1.165, 1.54) is 0 Å². The van der Waals surface area contributed by atoms with Gasteiger partial charge in [0, 0.05) is 6.92 Å². The molecule has 0 atom stereocenters. The highest BCUT2D eigenvalue weighted by atomic mass is 16.9. The molecule has 0 bridgehead atoms. The highest BCUT2D eigenvalue weighted by molar-refractivity contribution is 6.11. The van der Waals surface area contributed by atoms with Crippen molar-refractivity contribution in [1.29, 1.82) is 0 Å². The van der Waals surface area contributed by atoms with Crippen LogP contribution in [0.25, 0.3) is 12.2 Å². The molecule has 6 nitrogen and oxygen atoms in total. The number of rotatable bonds is 8. The minimum Gasteiger partial charge on any atom is -0.457 e. The maximum absolute atomic E-state index is 13.4. The lowest BCUT2D eigenvalue weighted by molar-refractivity contribution is -0.343. The van der Waals surface area contributed by atoms with Gasteiger partial charge in [-0.3, -0.25) is 4.79 Å². The standard InChI is InChI=1S/C33H28O6/c1-3-35-33(2)38-30(22-24-14-18-28(19-15-24)36-26-10-6-4-7-11-26)32(34)31(39-33)23-25-16-20-29(21-17-25)37-27-12-8-5-9-13-27/h4-23H,3H2,1-2H3/b30-22-,31-23-. The fraction of sp³-hybridized carbons (Fsp3) is 0.121. The van der Waals surface area contributed by atoms with Crippen LogP contribution in [0.4, 0.5) is 0 Å². The van der Waals surface area contributed by atoms with Crippen molar-refractivity contribution < 1.29 is 28.5 Å². The van der Waals surface area contributed by atoms with E-state index in [1.54, 1.807) is 19.1 Å². The lowest BCUT2D eigenvalue weighted by Crippen LogP contribution is -2.42. The summed E-state index contributed by atoms with van der Waals surface area (Å²) in [4.78, 5) is 13.4. The van der Waals surface area contributed by atoms with Gasteiger partial charge in [-0.2, -0.15) is 0 Å². The smallest absolute Gasteiger partial charge is 0.368 e. The van der Waals surface area contributed by atoms with Crippen LogP contribution in [0.3, 0.4) is 0 Å². The van der Waals surface area contributed by atoms with Crippen LogP contribution in [0.1, 0.15) is 25.0 Å². The van der Waals surface area contributed by atoms with Gasteiger partial charge < -0.3 is 23.7 Å². The molecule has 1 fully saturated rings. The van der Waals surface area contributed by atoms with E-state index in [-0.39, 0.29) is 17.3 Å². The van der Waals surface area contributed by atoms with E-state index in [0.29, 0.717) is 18.1 Å². The SMILES string of the molecule is CCOC1(C)O/C(=C\c2ccc(Oc3ccccc3)cc2)C(=O)/C(=C/c2ccc(Oc3ccccc3)cc2)O1. The summed E-state index contributed by atoms with van der Waals surface area (Å²) < 4.78 is 29.2. The summed E-state index contributed by atoms with van der Waals surface area (Å²) in [6.45, 7) is 3.80. The highest BCUT2D eigenvalue weighted by Gasteiger charge is 2.41. The lowest BCUT2D eigenvalue weighted by Gasteiger charge is -2.35. The van der Waals surface area contributed by atoms with Gasteiger partial charge in [-0.25, -0.2) is 0 Å². The zero-order valence-corrected chi connectivity index (χ0v) is 21.7. The third kappa shape index (κ3) is 6.74. The van der Waals surface area contributed by atoms with Crippen LogP contribution in [0.15, 0.2) is 121 Å². The molecule has 0 aromatic heterocycles. The van der Waals surface area contributed by atoms with Crippen molar-refractivity contribution in [2.24, 2.45) is 0 Å². The summed E-state index contributed by atoms with van der Waals surface area (Å²) in [5.41, 5.74) is 1.53. The molecule has 0 N–H and O–H groups in total. The van der Waals surface area contributed by atoms with Gasteiger partial charge in [-0.15, -0.1) is 0 Å². The van der Waals surface area contributed by atoms with E-state index in [2.05, 4.69) is 0 Å². The van der Waals surface area contributed by atoms with Crippen molar-refractivity contribution in [2.45, 2.75) is 19.8 Å². The second-order valence-corrected chi connectivity index (χ2v) is 8.81. The Balaban J connectivity index is 1.36. The number of ether oxygens (including phenoxy) is 5. The minimum absolute atomic E-state index is 0.115. The number of para-hydroxylation sites is 2. The fourth-order valence-electron chi connectivity index (χ4n) is 3.96. The van der Waals surface area contributed by atoms with Gasteiger partial charge in [0.05, 0.1) is 6.61 Å². The van der Waals surface area contributed by atoms with Gasteiger partial charge in [0.25, 0.3) is 5.78 Å². The van der Waals surface area contributed by atoms with Crippen LogP contribution in [0.2, 0.25) is 0 Å². The van der Waals surface area contributed by atoms with Crippen molar-refractivity contribution in [2.75, 3.05) is 6.61 Å². The van der Waals surface area contributed by atoms with E-state index in [1.807, 2.05) is 116 Å². The first-order valence-electron chi connectivity index (χ1n) is 12.7. The molecule has 0 saturated carbocycles. The fourth-order valence-corrected chi connectivity index (χ4v) is 3.96. The Kier molecular flexibility index (Phi) is 7.75. The summed E-state index contributed by atoms with van der Waals surface area (Å²) in [5, 5.41) is 0. The first-order valence-corrected chi connectivity index (χ1v) is 12.7. The topological polar surface area (TPSA) is 63.2 Å². The average molecular weight is 521 g/mol. The summed E-state index contributed by atoms with van der Waals surface area (Å²) in [6, 6.07) is 33.8. The highest BCUT2D eigenvalue weighted by Crippen LogP contribution is 2.33. The number of hydrogen-bond donors (Lipinski definition) is 0. The molecule has 0 aliphatic carbocycles. The Morgan fingerprint density at radius 3 is 1.38 bits per heavy atom. The van der Waals surface area contributed by atoms with Gasteiger partial charge in [-0.05, 0) is 78.7 Å². The zero-order chi connectivity index (χ0) is 27.1. The Morgan fingerprint density at radius 1 is 0.615 bits per heavy atom. The summed E-state index contributed by atoms with van der Waals surface area (Å²) in [7, 11) is 0. The van der Waals surface area contributed by atoms with Crippen molar-refractivity contribution in [1.82, 2.24) is 0 Å². The Labute approximate surface area is 227 Å². The predicted molar refractivity (Wildman–Crippen MR) is 149 cm³/mol. The number of benzene rings is 4. The molecule has 4 aromatic rings. The molecule has 1 saturated heterocycles. The number of carbonyl (C=O) groups is 1.